The van der Waals surface area contributed by atoms with Crippen molar-refractivity contribution in [2.24, 2.45) is 5.73 Å². The van der Waals surface area contributed by atoms with E-state index in [9.17, 15) is 0 Å². The number of benzene rings is 1. The maximum atomic E-state index is 5.48. The summed E-state index contributed by atoms with van der Waals surface area (Å²) in [7, 11) is 0. The van der Waals surface area contributed by atoms with E-state index < -0.39 is 0 Å². The summed E-state index contributed by atoms with van der Waals surface area (Å²) in [6.45, 7) is 5.17. The SMILES string of the molecule is Cc1nc(NCCN)cc(Nc2ccc(Br)c(C)c2)n1. The largest absolute Gasteiger partial charge is 0.369 e. The van der Waals surface area contributed by atoms with E-state index in [-0.39, 0.29) is 0 Å². The number of nitrogens with two attached hydrogens (primary N) is 1. The number of aromatic nitrogens is 2. The summed E-state index contributed by atoms with van der Waals surface area (Å²) in [5.74, 6) is 2.25. The average Bonchev–Trinajstić information content (AvgIpc) is 2.40. The van der Waals surface area contributed by atoms with Crippen LogP contribution in [0.4, 0.5) is 17.3 Å². The number of halogens is 1. The fourth-order valence-electron chi connectivity index (χ4n) is 1.79. The van der Waals surface area contributed by atoms with E-state index in [0.717, 1.165) is 21.8 Å². The number of aryl methyl sites for hydroxylation is 2. The van der Waals surface area contributed by atoms with Crippen LogP contribution < -0.4 is 16.4 Å². The van der Waals surface area contributed by atoms with Crippen molar-refractivity contribution in [3.63, 3.8) is 0 Å². The van der Waals surface area contributed by atoms with Crippen molar-refractivity contribution in [2.45, 2.75) is 13.8 Å². The Morgan fingerprint density at radius 1 is 1.15 bits per heavy atom. The van der Waals surface area contributed by atoms with Crippen LogP contribution in [0.3, 0.4) is 0 Å². The third-order valence-electron chi connectivity index (χ3n) is 2.72. The molecule has 0 atom stereocenters. The number of hydrogen-bond donors (Lipinski definition) is 3. The van der Waals surface area contributed by atoms with E-state index in [1.54, 1.807) is 0 Å². The molecule has 1 heterocycles. The normalized spacial score (nSPS) is 10.4. The molecule has 2 aromatic rings. The lowest BCUT2D eigenvalue weighted by molar-refractivity contribution is 0.987. The van der Waals surface area contributed by atoms with Gasteiger partial charge in [0, 0.05) is 29.3 Å². The van der Waals surface area contributed by atoms with E-state index in [1.165, 1.54) is 5.56 Å². The zero-order valence-electron chi connectivity index (χ0n) is 11.6. The Hall–Kier alpha value is -1.66. The van der Waals surface area contributed by atoms with Crippen molar-refractivity contribution >= 4 is 33.3 Å². The second kappa shape index (κ2) is 6.67. The van der Waals surface area contributed by atoms with Gasteiger partial charge in [-0.3, -0.25) is 0 Å². The molecule has 0 fully saturated rings. The van der Waals surface area contributed by atoms with Crippen molar-refractivity contribution in [3.05, 3.63) is 40.1 Å². The van der Waals surface area contributed by atoms with Crippen LogP contribution in [0.15, 0.2) is 28.7 Å². The molecule has 0 bridgehead atoms. The fraction of sp³-hybridized carbons (Fsp3) is 0.286. The monoisotopic (exact) mass is 335 g/mol. The number of nitrogens with one attached hydrogen (secondary N) is 2. The van der Waals surface area contributed by atoms with Gasteiger partial charge in [0.1, 0.15) is 17.5 Å². The minimum Gasteiger partial charge on any atom is -0.369 e. The average molecular weight is 336 g/mol. The first-order valence-electron chi connectivity index (χ1n) is 6.41. The molecule has 0 saturated carbocycles. The molecule has 0 radical (unpaired) electrons. The highest BCUT2D eigenvalue weighted by atomic mass is 79.9. The Kier molecular flexibility index (Phi) is 4.92. The molecule has 106 valence electrons. The summed E-state index contributed by atoms with van der Waals surface area (Å²) >= 11 is 3.49. The number of hydrogen-bond acceptors (Lipinski definition) is 5. The van der Waals surface area contributed by atoms with Gasteiger partial charge in [-0.05, 0) is 37.6 Å². The zero-order valence-corrected chi connectivity index (χ0v) is 13.2. The molecular formula is C14H18BrN5. The number of anilines is 3. The molecule has 6 heteroatoms. The van der Waals surface area contributed by atoms with Gasteiger partial charge >= 0.3 is 0 Å². The van der Waals surface area contributed by atoms with Gasteiger partial charge in [-0.15, -0.1) is 0 Å². The van der Waals surface area contributed by atoms with Crippen LogP contribution in [-0.4, -0.2) is 23.1 Å². The van der Waals surface area contributed by atoms with Crippen LogP contribution in [0.2, 0.25) is 0 Å². The minimum absolute atomic E-state index is 0.567. The van der Waals surface area contributed by atoms with Crippen molar-refractivity contribution in [3.8, 4) is 0 Å². The highest BCUT2D eigenvalue weighted by Gasteiger charge is 2.03. The van der Waals surface area contributed by atoms with E-state index in [2.05, 4.69) is 49.5 Å². The van der Waals surface area contributed by atoms with E-state index in [1.807, 2.05) is 25.1 Å². The zero-order chi connectivity index (χ0) is 14.5. The quantitative estimate of drug-likeness (QED) is 0.783. The molecule has 0 aliphatic carbocycles. The van der Waals surface area contributed by atoms with Crippen molar-refractivity contribution in [2.75, 3.05) is 23.7 Å². The molecule has 2 rings (SSSR count). The molecule has 0 unspecified atom stereocenters. The second-order valence-electron chi connectivity index (χ2n) is 4.49. The first-order chi connectivity index (χ1) is 9.58. The predicted octanol–water partition coefficient (Wildman–Crippen LogP) is 2.97. The molecule has 1 aromatic heterocycles. The maximum Gasteiger partial charge on any atom is 0.136 e. The summed E-state index contributed by atoms with van der Waals surface area (Å²) in [6.07, 6.45) is 0. The first-order valence-corrected chi connectivity index (χ1v) is 7.20. The highest BCUT2D eigenvalue weighted by molar-refractivity contribution is 9.10. The molecule has 20 heavy (non-hydrogen) atoms. The Morgan fingerprint density at radius 2 is 1.90 bits per heavy atom. The topological polar surface area (TPSA) is 75.9 Å². The Bertz CT molecular complexity index is 600. The van der Waals surface area contributed by atoms with E-state index >= 15 is 0 Å². The van der Waals surface area contributed by atoms with Crippen LogP contribution in [-0.2, 0) is 0 Å². The Morgan fingerprint density at radius 3 is 2.60 bits per heavy atom. The predicted molar refractivity (Wildman–Crippen MR) is 86.5 cm³/mol. The lowest BCUT2D eigenvalue weighted by Gasteiger charge is -2.10. The van der Waals surface area contributed by atoms with E-state index in [0.29, 0.717) is 18.9 Å². The van der Waals surface area contributed by atoms with Gasteiger partial charge < -0.3 is 16.4 Å². The number of nitrogens with zero attached hydrogens (tertiary/aromatic N) is 2. The second-order valence-corrected chi connectivity index (χ2v) is 5.34. The molecule has 4 N–H and O–H groups in total. The number of rotatable bonds is 5. The van der Waals surface area contributed by atoms with Gasteiger partial charge in [-0.25, -0.2) is 9.97 Å². The van der Waals surface area contributed by atoms with Crippen LogP contribution >= 0.6 is 15.9 Å². The van der Waals surface area contributed by atoms with Crippen LogP contribution in [0.5, 0.6) is 0 Å². The molecule has 0 spiro atoms. The minimum atomic E-state index is 0.567. The third-order valence-corrected chi connectivity index (χ3v) is 3.61. The summed E-state index contributed by atoms with van der Waals surface area (Å²) < 4.78 is 1.09. The molecular weight excluding hydrogens is 318 g/mol. The van der Waals surface area contributed by atoms with Crippen molar-refractivity contribution < 1.29 is 0 Å². The van der Waals surface area contributed by atoms with Gasteiger partial charge in [0.15, 0.2) is 0 Å². The first kappa shape index (κ1) is 14.7. The van der Waals surface area contributed by atoms with Crippen molar-refractivity contribution in [1.29, 1.82) is 0 Å². The van der Waals surface area contributed by atoms with Gasteiger partial charge in [-0.1, -0.05) is 15.9 Å². The molecule has 0 amide bonds. The molecule has 1 aromatic carbocycles. The summed E-state index contributed by atoms with van der Waals surface area (Å²) in [5, 5.41) is 6.44. The lowest BCUT2D eigenvalue weighted by atomic mass is 10.2. The van der Waals surface area contributed by atoms with Gasteiger partial charge in [0.2, 0.25) is 0 Å². The highest BCUT2D eigenvalue weighted by Crippen LogP contribution is 2.23. The smallest absolute Gasteiger partial charge is 0.136 e. The Labute approximate surface area is 127 Å². The molecule has 5 nitrogen and oxygen atoms in total. The third kappa shape index (κ3) is 3.91. The van der Waals surface area contributed by atoms with E-state index in [4.69, 9.17) is 5.73 Å². The molecule has 0 aliphatic heterocycles. The van der Waals surface area contributed by atoms with Crippen molar-refractivity contribution in [1.82, 2.24) is 9.97 Å². The van der Waals surface area contributed by atoms with Gasteiger partial charge in [0.05, 0.1) is 0 Å². The summed E-state index contributed by atoms with van der Waals surface area (Å²) in [5.41, 5.74) is 7.64. The standard InChI is InChI=1S/C14H18BrN5/c1-9-7-11(3-4-12(9)15)20-14-8-13(17-6-5-16)18-10(2)19-14/h3-4,7-8H,5-6,16H2,1-2H3,(H2,17,18,19,20). The molecule has 0 aliphatic rings. The summed E-state index contributed by atoms with van der Waals surface area (Å²) in [4.78, 5) is 8.70. The van der Waals surface area contributed by atoms with Crippen LogP contribution in [0.1, 0.15) is 11.4 Å². The molecule has 0 saturated heterocycles. The maximum absolute atomic E-state index is 5.48. The van der Waals surface area contributed by atoms with Crippen LogP contribution in [0.25, 0.3) is 0 Å². The Balaban J connectivity index is 2.19. The lowest BCUT2D eigenvalue weighted by Crippen LogP contribution is -2.14. The fourth-order valence-corrected chi connectivity index (χ4v) is 2.04. The van der Waals surface area contributed by atoms with Gasteiger partial charge in [0.25, 0.3) is 0 Å². The van der Waals surface area contributed by atoms with Gasteiger partial charge in [-0.2, -0.15) is 0 Å². The van der Waals surface area contributed by atoms with Crippen LogP contribution in [0, 0.1) is 13.8 Å². The summed E-state index contributed by atoms with van der Waals surface area (Å²) in [6, 6.07) is 7.95.